The van der Waals surface area contributed by atoms with Gasteiger partial charge in [0, 0.05) is 11.1 Å². The second kappa shape index (κ2) is 7.25. The summed E-state index contributed by atoms with van der Waals surface area (Å²) in [6, 6.07) is 26.1. The van der Waals surface area contributed by atoms with Gasteiger partial charge in [-0.05, 0) is 17.7 Å². The van der Waals surface area contributed by atoms with Crippen molar-refractivity contribution in [2.45, 2.75) is 0 Å². The molecule has 0 aromatic heterocycles. The summed E-state index contributed by atoms with van der Waals surface area (Å²) in [5, 5.41) is 8.43. The summed E-state index contributed by atoms with van der Waals surface area (Å²) >= 11 is 0. The number of anilines is 1. The predicted molar refractivity (Wildman–Crippen MR) is 116 cm³/mol. The minimum absolute atomic E-state index is 0.184. The van der Waals surface area contributed by atoms with Gasteiger partial charge in [0.25, 0.3) is 11.8 Å². The van der Waals surface area contributed by atoms with Gasteiger partial charge in [-0.15, -0.1) is 0 Å². The molecule has 0 atom stereocenters. The van der Waals surface area contributed by atoms with E-state index in [-0.39, 0.29) is 23.2 Å². The molecule has 144 valence electrons. The zero-order chi connectivity index (χ0) is 20.5. The second-order valence-electron chi connectivity index (χ2n) is 6.81. The molecule has 3 aromatic rings. The molecule has 6 heteroatoms. The highest BCUT2D eigenvalue weighted by Gasteiger charge is 2.34. The molecule has 0 spiro atoms. The first-order valence-corrected chi connectivity index (χ1v) is 9.45. The van der Waals surface area contributed by atoms with Gasteiger partial charge < -0.3 is 5.32 Å². The highest BCUT2D eigenvalue weighted by Crippen LogP contribution is 2.26. The molecule has 3 aromatic carbocycles. The Morgan fingerprint density at radius 3 is 2.27 bits per heavy atom. The summed E-state index contributed by atoms with van der Waals surface area (Å²) in [5.74, 6) is -0.355. The Bertz CT molecular complexity index is 1240. The Hall–Kier alpha value is -4.32. The number of rotatable bonds is 3. The summed E-state index contributed by atoms with van der Waals surface area (Å²) in [5.41, 5.74) is 3.36. The zero-order valence-electron chi connectivity index (χ0n) is 15.8. The zero-order valence-corrected chi connectivity index (χ0v) is 15.8. The number of amidine groups is 1. The van der Waals surface area contributed by atoms with Crippen molar-refractivity contribution in [2.24, 2.45) is 10.1 Å². The van der Waals surface area contributed by atoms with Crippen LogP contribution in [0.1, 0.15) is 16.7 Å². The average Bonchev–Trinajstić information content (AvgIpc) is 3.27. The van der Waals surface area contributed by atoms with E-state index in [9.17, 15) is 9.59 Å². The van der Waals surface area contributed by atoms with E-state index < -0.39 is 0 Å². The third kappa shape index (κ3) is 3.10. The number of hydrazone groups is 1. The summed E-state index contributed by atoms with van der Waals surface area (Å²) in [6.07, 6.45) is 1.72. The van der Waals surface area contributed by atoms with Gasteiger partial charge in [0.15, 0.2) is 11.5 Å². The number of carbonyl (C=O) groups excluding carboxylic acids is 2. The molecular formula is C24H16N4O2. The van der Waals surface area contributed by atoms with Crippen molar-refractivity contribution in [3.8, 4) is 0 Å². The van der Waals surface area contributed by atoms with Crippen LogP contribution in [0, 0.1) is 0 Å². The van der Waals surface area contributed by atoms with Gasteiger partial charge in [-0.1, -0.05) is 78.9 Å². The number of benzene rings is 3. The molecule has 2 amide bonds. The molecule has 2 aliphatic heterocycles. The highest BCUT2D eigenvalue weighted by molar-refractivity contribution is 6.54. The third-order valence-electron chi connectivity index (χ3n) is 4.82. The maximum Gasteiger partial charge on any atom is 0.298 e. The summed E-state index contributed by atoms with van der Waals surface area (Å²) in [4.78, 5) is 30.3. The predicted octanol–water partition coefficient (Wildman–Crippen LogP) is 3.67. The number of aliphatic imine (C=N–C) groups is 1. The number of nitrogens with one attached hydrogen (secondary N) is 1. The molecule has 0 unspecified atom stereocenters. The first kappa shape index (κ1) is 17.8. The van der Waals surface area contributed by atoms with E-state index in [2.05, 4.69) is 15.4 Å². The molecule has 2 aliphatic rings. The van der Waals surface area contributed by atoms with E-state index >= 15 is 0 Å². The molecule has 5 rings (SSSR count). The molecule has 0 saturated carbocycles. The van der Waals surface area contributed by atoms with Crippen LogP contribution >= 0.6 is 0 Å². The quantitative estimate of drug-likeness (QED) is 0.691. The van der Waals surface area contributed by atoms with Crippen molar-refractivity contribution in [1.29, 1.82) is 0 Å². The number of amides is 2. The molecule has 0 radical (unpaired) electrons. The molecule has 6 nitrogen and oxygen atoms in total. The number of para-hydroxylation sites is 1. The minimum atomic E-state index is -0.387. The number of nitrogens with zero attached hydrogens (tertiary/aromatic N) is 3. The van der Waals surface area contributed by atoms with Gasteiger partial charge in [-0.2, -0.15) is 10.1 Å². The summed E-state index contributed by atoms with van der Waals surface area (Å²) in [7, 11) is 0. The van der Waals surface area contributed by atoms with Crippen molar-refractivity contribution in [3.63, 3.8) is 0 Å². The van der Waals surface area contributed by atoms with Crippen molar-refractivity contribution < 1.29 is 9.59 Å². The lowest BCUT2D eigenvalue weighted by atomic mass is 10.1. The second-order valence-corrected chi connectivity index (χ2v) is 6.81. The van der Waals surface area contributed by atoms with E-state index in [1.54, 1.807) is 18.2 Å². The Labute approximate surface area is 172 Å². The van der Waals surface area contributed by atoms with Gasteiger partial charge in [0.1, 0.15) is 5.70 Å². The Morgan fingerprint density at radius 1 is 0.833 bits per heavy atom. The van der Waals surface area contributed by atoms with Gasteiger partial charge in [-0.3, -0.25) is 9.59 Å². The van der Waals surface area contributed by atoms with Gasteiger partial charge in [0.05, 0.1) is 5.69 Å². The maximum absolute atomic E-state index is 13.2. The van der Waals surface area contributed by atoms with Crippen molar-refractivity contribution in [3.05, 3.63) is 107 Å². The fraction of sp³-hybridized carbons (Fsp3) is 0. The van der Waals surface area contributed by atoms with E-state index in [0.717, 1.165) is 11.1 Å². The number of carbonyl (C=O) groups is 2. The van der Waals surface area contributed by atoms with E-state index in [1.807, 2.05) is 72.8 Å². The average molecular weight is 392 g/mol. The molecule has 0 saturated heterocycles. The van der Waals surface area contributed by atoms with E-state index in [4.69, 9.17) is 0 Å². The van der Waals surface area contributed by atoms with Crippen LogP contribution in [0.25, 0.3) is 6.08 Å². The lowest BCUT2D eigenvalue weighted by Gasteiger charge is -2.13. The molecule has 0 bridgehead atoms. The first-order chi connectivity index (χ1) is 14.7. The topological polar surface area (TPSA) is 74.1 Å². The standard InChI is InChI=1S/C24H16N4O2/c29-23-21(18-13-7-8-14-19(18)26-23)27-28-22(17-11-5-2-6-12-17)25-20(24(28)30)15-16-9-3-1-4-10-16/h1-15H,(H,26,27,29)/b20-15-. The van der Waals surface area contributed by atoms with Crippen LogP contribution in [0.15, 0.2) is 101 Å². The highest BCUT2D eigenvalue weighted by atomic mass is 16.2. The van der Waals surface area contributed by atoms with Crippen LogP contribution in [0.4, 0.5) is 5.69 Å². The lowest BCUT2D eigenvalue weighted by molar-refractivity contribution is -0.122. The van der Waals surface area contributed by atoms with Crippen LogP contribution in [0.5, 0.6) is 0 Å². The van der Waals surface area contributed by atoms with Crippen LogP contribution in [-0.2, 0) is 9.59 Å². The molecule has 2 heterocycles. The summed E-state index contributed by atoms with van der Waals surface area (Å²) < 4.78 is 0. The van der Waals surface area contributed by atoms with Gasteiger partial charge >= 0.3 is 0 Å². The minimum Gasteiger partial charge on any atom is -0.320 e. The van der Waals surface area contributed by atoms with Gasteiger partial charge in [0.2, 0.25) is 0 Å². The van der Waals surface area contributed by atoms with E-state index in [1.165, 1.54) is 5.01 Å². The van der Waals surface area contributed by atoms with Crippen LogP contribution in [0.2, 0.25) is 0 Å². The first-order valence-electron chi connectivity index (χ1n) is 9.45. The molecule has 0 aliphatic carbocycles. The smallest absolute Gasteiger partial charge is 0.298 e. The Morgan fingerprint density at radius 2 is 1.50 bits per heavy atom. The number of fused-ring (bicyclic) bond motifs is 1. The monoisotopic (exact) mass is 392 g/mol. The van der Waals surface area contributed by atoms with Crippen molar-refractivity contribution >= 4 is 35.1 Å². The van der Waals surface area contributed by atoms with Crippen LogP contribution < -0.4 is 5.32 Å². The van der Waals surface area contributed by atoms with Crippen LogP contribution in [-0.4, -0.2) is 28.4 Å². The fourth-order valence-electron chi connectivity index (χ4n) is 3.38. The molecule has 1 N–H and O–H groups in total. The largest absolute Gasteiger partial charge is 0.320 e. The maximum atomic E-state index is 13.2. The van der Waals surface area contributed by atoms with Crippen molar-refractivity contribution in [2.75, 3.05) is 5.32 Å². The molecule has 0 fully saturated rings. The number of hydrogen-bond acceptors (Lipinski definition) is 4. The van der Waals surface area contributed by atoms with E-state index in [0.29, 0.717) is 17.1 Å². The Kier molecular flexibility index (Phi) is 4.29. The molecule has 30 heavy (non-hydrogen) atoms. The van der Waals surface area contributed by atoms with Crippen molar-refractivity contribution in [1.82, 2.24) is 5.01 Å². The Balaban J connectivity index is 1.62. The fourth-order valence-corrected chi connectivity index (χ4v) is 3.38. The normalized spacial score (nSPS) is 18.0. The SMILES string of the molecule is O=C1Nc2ccccc2/C1=N/N1C(=O)/C(=C/c2ccccc2)N=C1c1ccccc1. The molecular weight excluding hydrogens is 376 g/mol. The third-order valence-corrected chi connectivity index (χ3v) is 4.82. The van der Waals surface area contributed by atoms with Crippen LogP contribution in [0.3, 0.4) is 0 Å². The lowest BCUT2D eigenvalue weighted by Crippen LogP contribution is -2.30. The van der Waals surface area contributed by atoms with Gasteiger partial charge in [-0.25, -0.2) is 4.99 Å². The number of hydrogen-bond donors (Lipinski definition) is 1. The summed E-state index contributed by atoms with van der Waals surface area (Å²) in [6.45, 7) is 0.